The zero-order valence-electron chi connectivity index (χ0n) is 9.33. The number of nitrogens with one attached hydrogen (secondary N) is 2. The first-order valence-corrected chi connectivity index (χ1v) is 5.98. The molecule has 2 rings (SSSR count). The minimum absolute atomic E-state index is 0.0990. The largest absolute Gasteiger partial charge is 0.348 e. The van der Waals surface area contributed by atoms with Crippen LogP contribution >= 0.6 is 15.9 Å². The van der Waals surface area contributed by atoms with Crippen LogP contribution < -0.4 is 5.32 Å². The predicted octanol–water partition coefficient (Wildman–Crippen LogP) is 2.41. The molecule has 17 heavy (non-hydrogen) atoms. The number of aromatic nitrogens is 2. The molecule has 0 aliphatic rings. The van der Waals surface area contributed by atoms with Crippen LogP contribution in [0.3, 0.4) is 0 Å². The van der Waals surface area contributed by atoms with E-state index in [4.69, 9.17) is 0 Å². The molecule has 0 bridgehead atoms. The minimum Gasteiger partial charge on any atom is -0.348 e. The van der Waals surface area contributed by atoms with Crippen molar-refractivity contribution in [2.75, 3.05) is 0 Å². The van der Waals surface area contributed by atoms with E-state index < -0.39 is 0 Å². The first kappa shape index (κ1) is 11.9. The lowest BCUT2D eigenvalue weighted by molar-refractivity contribution is 0.0950. The number of nitrogens with zero attached hydrogens (tertiary/aromatic N) is 1. The van der Waals surface area contributed by atoms with Crippen LogP contribution in [0.5, 0.6) is 0 Å². The molecule has 2 N–H and O–H groups in total. The van der Waals surface area contributed by atoms with Gasteiger partial charge in [0.25, 0.3) is 5.91 Å². The fourth-order valence-electron chi connectivity index (χ4n) is 1.46. The maximum atomic E-state index is 11.9. The zero-order chi connectivity index (χ0) is 12.3. The number of hydrogen-bond acceptors (Lipinski definition) is 2. The SMILES string of the molecule is Cc1ccc(C(=O)NCc2cn[nH]c2)c(Br)c1. The van der Waals surface area contributed by atoms with Crippen molar-refractivity contribution >= 4 is 21.8 Å². The van der Waals surface area contributed by atoms with Gasteiger partial charge in [0.1, 0.15) is 0 Å². The molecule has 0 saturated heterocycles. The van der Waals surface area contributed by atoms with Gasteiger partial charge in [-0.2, -0.15) is 5.10 Å². The van der Waals surface area contributed by atoms with Crippen LogP contribution in [0, 0.1) is 6.92 Å². The third-order valence-electron chi connectivity index (χ3n) is 2.38. The highest BCUT2D eigenvalue weighted by molar-refractivity contribution is 9.10. The Morgan fingerprint density at radius 3 is 3.00 bits per heavy atom. The normalized spacial score (nSPS) is 10.2. The van der Waals surface area contributed by atoms with E-state index in [2.05, 4.69) is 31.4 Å². The number of H-pyrrole nitrogens is 1. The average molecular weight is 294 g/mol. The van der Waals surface area contributed by atoms with Crippen LogP contribution in [0.1, 0.15) is 21.5 Å². The van der Waals surface area contributed by atoms with Crippen molar-refractivity contribution in [2.24, 2.45) is 0 Å². The Morgan fingerprint density at radius 1 is 1.53 bits per heavy atom. The topological polar surface area (TPSA) is 57.8 Å². The van der Waals surface area contributed by atoms with Gasteiger partial charge in [-0.25, -0.2) is 0 Å². The summed E-state index contributed by atoms with van der Waals surface area (Å²) in [6.07, 6.45) is 3.44. The Hall–Kier alpha value is -1.62. The van der Waals surface area contributed by atoms with Gasteiger partial charge in [0.05, 0.1) is 11.8 Å². The summed E-state index contributed by atoms with van der Waals surface area (Å²) in [5, 5.41) is 9.35. The predicted molar refractivity (Wildman–Crippen MR) is 68.6 cm³/mol. The third-order valence-corrected chi connectivity index (χ3v) is 3.03. The second kappa shape index (κ2) is 5.14. The number of aryl methyl sites for hydroxylation is 1. The van der Waals surface area contributed by atoms with E-state index in [0.717, 1.165) is 15.6 Å². The summed E-state index contributed by atoms with van der Waals surface area (Å²) >= 11 is 3.39. The summed E-state index contributed by atoms with van der Waals surface area (Å²) in [6, 6.07) is 5.65. The molecule has 1 aromatic carbocycles. The van der Waals surface area contributed by atoms with Crippen molar-refractivity contribution in [3.05, 3.63) is 51.8 Å². The van der Waals surface area contributed by atoms with Crippen LogP contribution in [0.4, 0.5) is 0 Å². The Labute approximate surface area is 108 Å². The van der Waals surface area contributed by atoms with Crippen LogP contribution in [0.15, 0.2) is 35.1 Å². The number of amides is 1. The zero-order valence-corrected chi connectivity index (χ0v) is 10.9. The van der Waals surface area contributed by atoms with Crippen LogP contribution in [0.2, 0.25) is 0 Å². The molecule has 5 heteroatoms. The van der Waals surface area contributed by atoms with E-state index >= 15 is 0 Å². The first-order chi connectivity index (χ1) is 8.16. The van der Waals surface area contributed by atoms with Crippen LogP contribution in [-0.4, -0.2) is 16.1 Å². The van der Waals surface area contributed by atoms with Crippen molar-refractivity contribution in [2.45, 2.75) is 13.5 Å². The number of rotatable bonds is 3. The van der Waals surface area contributed by atoms with Gasteiger partial charge in [0, 0.05) is 22.8 Å². The lowest BCUT2D eigenvalue weighted by atomic mass is 10.1. The summed E-state index contributed by atoms with van der Waals surface area (Å²) in [4.78, 5) is 11.9. The number of hydrogen-bond donors (Lipinski definition) is 2. The summed E-state index contributed by atoms with van der Waals surface area (Å²) in [7, 11) is 0. The second-order valence-electron chi connectivity index (χ2n) is 3.77. The Balaban J connectivity index is 2.04. The van der Waals surface area contributed by atoms with Gasteiger partial charge in [-0.15, -0.1) is 0 Å². The van der Waals surface area contributed by atoms with Crippen molar-refractivity contribution < 1.29 is 4.79 Å². The molecule has 0 aliphatic carbocycles. The van der Waals surface area contributed by atoms with E-state index in [1.165, 1.54) is 0 Å². The quantitative estimate of drug-likeness (QED) is 0.913. The van der Waals surface area contributed by atoms with Crippen molar-refractivity contribution in [3.8, 4) is 0 Å². The molecule has 1 amide bonds. The number of benzene rings is 1. The van der Waals surface area contributed by atoms with E-state index in [1.54, 1.807) is 12.4 Å². The fraction of sp³-hybridized carbons (Fsp3) is 0.167. The number of carbonyl (C=O) groups is 1. The molecule has 88 valence electrons. The number of aromatic amines is 1. The molecule has 4 nitrogen and oxygen atoms in total. The van der Waals surface area contributed by atoms with Gasteiger partial charge in [0.15, 0.2) is 0 Å². The molecule has 0 unspecified atom stereocenters. The maximum Gasteiger partial charge on any atom is 0.252 e. The molecule has 0 atom stereocenters. The monoisotopic (exact) mass is 293 g/mol. The molecule has 0 saturated carbocycles. The minimum atomic E-state index is -0.0990. The maximum absolute atomic E-state index is 11.9. The van der Waals surface area contributed by atoms with E-state index in [-0.39, 0.29) is 5.91 Å². The van der Waals surface area contributed by atoms with Gasteiger partial charge >= 0.3 is 0 Å². The van der Waals surface area contributed by atoms with Crippen molar-refractivity contribution in [1.82, 2.24) is 15.5 Å². The summed E-state index contributed by atoms with van der Waals surface area (Å²) in [5.41, 5.74) is 2.70. The Morgan fingerprint density at radius 2 is 2.35 bits per heavy atom. The second-order valence-corrected chi connectivity index (χ2v) is 4.63. The average Bonchev–Trinajstić information content (AvgIpc) is 2.78. The lowest BCUT2D eigenvalue weighted by Gasteiger charge is -2.06. The van der Waals surface area contributed by atoms with Crippen LogP contribution in [0.25, 0.3) is 0 Å². The number of carbonyl (C=O) groups excluding carboxylic acids is 1. The van der Waals surface area contributed by atoms with Gasteiger partial charge in [0.2, 0.25) is 0 Å². The Kier molecular flexibility index (Phi) is 3.58. The van der Waals surface area contributed by atoms with Crippen molar-refractivity contribution in [3.63, 3.8) is 0 Å². The van der Waals surface area contributed by atoms with Crippen LogP contribution in [-0.2, 0) is 6.54 Å². The van der Waals surface area contributed by atoms with Gasteiger partial charge in [-0.1, -0.05) is 6.07 Å². The summed E-state index contributed by atoms with van der Waals surface area (Å²) < 4.78 is 0.808. The smallest absolute Gasteiger partial charge is 0.252 e. The molecule has 0 radical (unpaired) electrons. The Bertz CT molecular complexity index is 523. The molecular weight excluding hydrogens is 282 g/mol. The molecule has 2 aromatic rings. The van der Waals surface area contributed by atoms with Crippen molar-refractivity contribution in [1.29, 1.82) is 0 Å². The molecule has 0 aliphatic heterocycles. The highest BCUT2D eigenvalue weighted by atomic mass is 79.9. The van der Waals surface area contributed by atoms with Gasteiger partial charge < -0.3 is 5.32 Å². The molecule has 0 spiro atoms. The van der Waals surface area contributed by atoms with Gasteiger partial charge in [-0.05, 0) is 40.5 Å². The number of halogens is 1. The summed E-state index contributed by atoms with van der Waals surface area (Å²) in [6.45, 7) is 2.45. The van der Waals surface area contributed by atoms with E-state index in [9.17, 15) is 4.79 Å². The molecule has 1 aromatic heterocycles. The lowest BCUT2D eigenvalue weighted by Crippen LogP contribution is -2.22. The highest BCUT2D eigenvalue weighted by Gasteiger charge is 2.09. The molecular formula is C12H12BrN3O. The first-order valence-electron chi connectivity index (χ1n) is 5.19. The van der Waals surface area contributed by atoms with E-state index in [1.807, 2.05) is 25.1 Å². The fourth-order valence-corrected chi connectivity index (χ4v) is 2.13. The molecule has 0 fully saturated rings. The highest BCUT2D eigenvalue weighted by Crippen LogP contribution is 2.18. The standard InChI is InChI=1S/C12H12BrN3O/c1-8-2-3-10(11(13)4-8)12(17)14-5-9-6-15-16-7-9/h2-4,6-7H,5H2,1H3,(H,14,17)(H,15,16). The third kappa shape index (κ3) is 2.94. The summed E-state index contributed by atoms with van der Waals surface area (Å²) in [5.74, 6) is -0.0990. The van der Waals surface area contributed by atoms with Gasteiger partial charge in [-0.3, -0.25) is 9.89 Å². The van der Waals surface area contributed by atoms with E-state index in [0.29, 0.717) is 12.1 Å². The molecule has 1 heterocycles.